The highest BCUT2D eigenvalue weighted by Crippen LogP contribution is 2.25. The first-order valence-corrected chi connectivity index (χ1v) is 8.03. The monoisotopic (exact) mass is 331 g/mol. The van der Waals surface area contributed by atoms with Crippen LogP contribution in [0.25, 0.3) is 0 Å². The van der Waals surface area contributed by atoms with E-state index in [-0.39, 0.29) is 0 Å². The fourth-order valence-electron chi connectivity index (χ4n) is 2.60. The summed E-state index contributed by atoms with van der Waals surface area (Å²) in [6.07, 6.45) is 2.23. The number of benzene rings is 2. The molecule has 20 heavy (non-hydrogen) atoms. The molecule has 0 spiro atoms. The molecule has 0 saturated heterocycles. The lowest BCUT2D eigenvalue weighted by Gasteiger charge is -2.20. The maximum atomic E-state index is 3.61. The molecule has 1 unspecified atom stereocenters. The zero-order valence-electron chi connectivity index (χ0n) is 12.2. The van der Waals surface area contributed by atoms with E-state index in [9.17, 15) is 0 Å². The molecule has 1 nitrogen and oxygen atoms in total. The van der Waals surface area contributed by atoms with Crippen LogP contribution in [-0.2, 0) is 6.42 Å². The van der Waals surface area contributed by atoms with Crippen LogP contribution >= 0.6 is 15.9 Å². The summed E-state index contributed by atoms with van der Waals surface area (Å²) in [4.78, 5) is 0. The number of hydrogen-bond donors (Lipinski definition) is 1. The normalized spacial score (nSPS) is 12.3. The van der Waals surface area contributed by atoms with E-state index in [1.54, 1.807) is 0 Å². The van der Waals surface area contributed by atoms with Gasteiger partial charge in [-0.1, -0.05) is 59.3 Å². The van der Waals surface area contributed by atoms with Crippen molar-refractivity contribution in [2.24, 2.45) is 0 Å². The van der Waals surface area contributed by atoms with E-state index in [2.05, 4.69) is 83.6 Å². The van der Waals surface area contributed by atoms with Crippen LogP contribution in [0.2, 0.25) is 0 Å². The van der Waals surface area contributed by atoms with Gasteiger partial charge in [0, 0.05) is 10.5 Å². The molecular weight excluding hydrogens is 310 g/mol. The molecule has 1 atom stereocenters. The van der Waals surface area contributed by atoms with Crippen LogP contribution in [0.1, 0.15) is 36.1 Å². The van der Waals surface area contributed by atoms with E-state index in [1.807, 2.05) is 0 Å². The fraction of sp³-hybridized carbons (Fsp3) is 0.333. The zero-order chi connectivity index (χ0) is 14.4. The number of rotatable bonds is 6. The van der Waals surface area contributed by atoms with Crippen molar-refractivity contribution >= 4 is 15.9 Å². The highest BCUT2D eigenvalue weighted by molar-refractivity contribution is 9.10. The number of aryl methyl sites for hydroxylation is 2. The van der Waals surface area contributed by atoms with E-state index < -0.39 is 0 Å². The second-order valence-corrected chi connectivity index (χ2v) is 6.05. The van der Waals surface area contributed by atoms with E-state index in [0.29, 0.717) is 6.04 Å². The Morgan fingerprint density at radius 1 is 1.10 bits per heavy atom. The van der Waals surface area contributed by atoms with Crippen LogP contribution in [0.5, 0.6) is 0 Å². The summed E-state index contributed by atoms with van der Waals surface area (Å²) in [5, 5.41) is 3.61. The van der Waals surface area contributed by atoms with Gasteiger partial charge in [-0.2, -0.15) is 0 Å². The molecule has 0 aliphatic rings. The quantitative estimate of drug-likeness (QED) is 0.781. The molecule has 0 aliphatic heterocycles. The summed E-state index contributed by atoms with van der Waals surface area (Å²) in [5.74, 6) is 0. The lowest BCUT2D eigenvalue weighted by Crippen LogP contribution is -2.22. The summed E-state index contributed by atoms with van der Waals surface area (Å²) >= 11 is 3.54. The molecule has 1 N–H and O–H groups in total. The van der Waals surface area contributed by atoms with Gasteiger partial charge in [-0.15, -0.1) is 0 Å². The summed E-state index contributed by atoms with van der Waals surface area (Å²) in [6.45, 7) is 5.35. The third-order valence-electron chi connectivity index (χ3n) is 3.62. The third-order valence-corrected chi connectivity index (χ3v) is 4.12. The van der Waals surface area contributed by atoms with E-state index in [0.717, 1.165) is 23.9 Å². The Hall–Kier alpha value is -1.12. The van der Waals surface area contributed by atoms with Gasteiger partial charge in [0.25, 0.3) is 0 Å². The second kappa shape index (κ2) is 7.61. The largest absolute Gasteiger partial charge is 0.310 e. The average Bonchev–Trinajstić information content (AvgIpc) is 2.45. The minimum atomic E-state index is 0.424. The molecule has 2 aromatic carbocycles. The minimum absolute atomic E-state index is 0.424. The summed E-state index contributed by atoms with van der Waals surface area (Å²) in [6, 6.07) is 17.7. The number of hydrogen-bond acceptors (Lipinski definition) is 1. The predicted octanol–water partition coefficient (Wildman–Crippen LogP) is 5.04. The van der Waals surface area contributed by atoms with E-state index in [1.165, 1.54) is 16.7 Å². The van der Waals surface area contributed by atoms with Gasteiger partial charge in [0.15, 0.2) is 0 Å². The molecule has 0 aromatic heterocycles. The van der Waals surface area contributed by atoms with Gasteiger partial charge in [-0.25, -0.2) is 0 Å². The molecule has 0 fully saturated rings. The van der Waals surface area contributed by atoms with Crippen LogP contribution in [0.3, 0.4) is 0 Å². The van der Waals surface area contributed by atoms with Gasteiger partial charge >= 0.3 is 0 Å². The molecule has 106 valence electrons. The standard InChI is InChI=1S/C18H22BrN/c1-3-20-18(12-9-15-7-5-4-6-8-15)17-11-10-16(19)13-14(17)2/h4-8,10-11,13,18,20H,3,9,12H2,1-2H3. The molecule has 0 amide bonds. The van der Waals surface area contributed by atoms with Crippen molar-refractivity contribution in [2.75, 3.05) is 6.54 Å². The minimum Gasteiger partial charge on any atom is -0.310 e. The highest BCUT2D eigenvalue weighted by Gasteiger charge is 2.12. The first-order chi connectivity index (χ1) is 9.70. The maximum Gasteiger partial charge on any atom is 0.0325 e. The van der Waals surface area contributed by atoms with Crippen molar-refractivity contribution in [2.45, 2.75) is 32.7 Å². The van der Waals surface area contributed by atoms with Crippen LogP contribution in [0.15, 0.2) is 53.0 Å². The van der Waals surface area contributed by atoms with Gasteiger partial charge in [-0.05, 0) is 55.1 Å². The maximum absolute atomic E-state index is 3.61. The van der Waals surface area contributed by atoms with Crippen molar-refractivity contribution in [3.8, 4) is 0 Å². The third kappa shape index (κ3) is 4.19. The van der Waals surface area contributed by atoms with Crippen LogP contribution in [0, 0.1) is 6.92 Å². The first-order valence-electron chi connectivity index (χ1n) is 7.24. The predicted molar refractivity (Wildman–Crippen MR) is 90.1 cm³/mol. The summed E-state index contributed by atoms with van der Waals surface area (Å²) < 4.78 is 1.15. The Morgan fingerprint density at radius 2 is 1.85 bits per heavy atom. The van der Waals surface area contributed by atoms with E-state index in [4.69, 9.17) is 0 Å². The molecule has 0 aliphatic carbocycles. The Labute approximate surface area is 130 Å². The van der Waals surface area contributed by atoms with Gasteiger partial charge in [0.1, 0.15) is 0 Å². The van der Waals surface area contributed by atoms with Gasteiger partial charge in [-0.3, -0.25) is 0 Å². The van der Waals surface area contributed by atoms with Crippen molar-refractivity contribution < 1.29 is 0 Å². The molecule has 0 radical (unpaired) electrons. The Bertz CT molecular complexity index is 536. The number of halogens is 1. The van der Waals surface area contributed by atoms with Gasteiger partial charge in [0.2, 0.25) is 0 Å². The van der Waals surface area contributed by atoms with Crippen LogP contribution < -0.4 is 5.32 Å². The lowest BCUT2D eigenvalue weighted by atomic mass is 9.95. The van der Waals surface area contributed by atoms with Crippen LogP contribution in [-0.4, -0.2) is 6.54 Å². The fourth-order valence-corrected chi connectivity index (χ4v) is 3.08. The molecule has 2 aromatic rings. The lowest BCUT2D eigenvalue weighted by molar-refractivity contribution is 0.513. The smallest absolute Gasteiger partial charge is 0.0325 e. The van der Waals surface area contributed by atoms with E-state index >= 15 is 0 Å². The Kier molecular flexibility index (Phi) is 5.81. The Balaban J connectivity index is 2.10. The molecule has 0 saturated carbocycles. The molecule has 2 heteroatoms. The first kappa shape index (κ1) is 15.3. The van der Waals surface area contributed by atoms with Gasteiger partial charge < -0.3 is 5.32 Å². The summed E-state index contributed by atoms with van der Waals surface area (Å²) in [7, 11) is 0. The SMILES string of the molecule is CCNC(CCc1ccccc1)c1ccc(Br)cc1C. The van der Waals surface area contributed by atoms with Crippen molar-refractivity contribution in [3.05, 3.63) is 69.7 Å². The topological polar surface area (TPSA) is 12.0 Å². The van der Waals surface area contributed by atoms with Crippen molar-refractivity contribution in [1.29, 1.82) is 0 Å². The van der Waals surface area contributed by atoms with Crippen molar-refractivity contribution in [1.82, 2.24) is 5.32 Å². The van der Waals surface area contributed by atoms with Gasteiger partial charge in [0.05, 0.1) is 0 Å². The zero-order valence-corrected chi connectivity index (χ0v) is 13.8. The van der Waals surface area contributed by atoms with Crippen LogP contribution in [0.4, 0.5) is 0 Å². The highest BCUT2D eigenvalue weighted by atomic mass is 79.9. The average molecular weight is 332 g/mol. The number of nitrogens with one attached hydrogen (secondary N) is 1. The molecule has 0 heterocycles. The second-order valence-electron chi connectivity index (χ2n) is 5.14. The molecular formula is C18H22BrN. The van der Waals surface area contributed by atoms with Crippen molar-refractivity contribution in [3.63, 3.8) is 0 Å². The Morgan fingerprint density at radius 3 is 2.50 bits per heavy atom. The molecule has 0 bridgehead atoms. The molecule has 2 rings (SSSR count). The summed E-state index contributed by atoms with van der Waals surface area (Å²) in [5.41, 5.74) is 4.16.